The molecule has 5 N–H and O–H groups in total. The predicted octanol–water partition coefficient (Wildman–Crippen LogP) is 4.46. The smallest absolute Gasteiger partial charge is 0.408 e. The van der Waals surface area contributed by atoms with Crippen LogP contribution in [0.1, 0.15) is 41.5 Å². The molecule has 0 aliphatic carbocycles. The number of aryl methyl sites for hydroxylation is 1. The van der Waals surface area contributed by atoms with Gasteiger partial charge in [-0.25, -0.2) is 14.4 Å². The standard InChI is InChI=1S/C33H38N4O7/c1-21-8-3-14-29(22(21)2)43-17-7-15-30(38)37-16-6-12-26-25(11-5-13-28(26)37)24-10-4-9-23(18-24)20-44-33(42)36-27(31(39)40)19-35-32(34)41/h3-5,8-11,13-14,18,27H,6-7,12,15-17,19-20H2,1-2H3,(H,36,42)(H,39,40)(H3,34,35,41). The van der Waals surface area contributed by atoms with E-state index in [0.717, 1.165) is 46.5 Å². The van der Waals surface area contributed by atoms with Crippen LogP contribution in [0.25, 0.3) is 11.1 Å². The van der Waals surface area contributed by atoms with Gasteiger partial charge >= 0.3 is 18.1 Å². The first kappa shape index (κ1) is 31.9. The Hall–Kier alpha value is -5.06. The quantitative estimate of drug-likeness (QED) is 0.223. The van der Waals surface area contributed by atoms with E-state index in [1.165, 1.54) is 5.56 Å². The summed E-state index contributed by atoms with van der Waals surface area (Å²) in [7, 11) is 0. The molecule has 0 bridgehead atoms. The van der Waals surface area contributed by atoms with Crippen molar-refractivity contribution in [2.75, 3.05) is 24.6 Å². The minimum atomic E-state index is -1.40. The number of rotatable bonds is 12. The number of hydrogen-bond acceptors (Lipinski definition) is 6. The fraction of sp³-hybridized carbons (Fsp3) is 0.333. The summed E-state index contributed by atoms with van der Waals surface area (Å²) in [6.07, 6.45) is 1.71. The molecule has 0 radical (unpaired) electrons. The summed E-state index contributed by atoms with van der Waals surface area (Å²) in [5.41, 5.74) is 11.8. The van der Waals surface area contributed by atoms with E-state index in [1.807, 2.05) is 73.3 Å². The molecule has 3 aromatic rings. The Labute approximate surface area is 256 Å². The van der Waals surface area contributed by atoms with Gasteiger partial charge in [-0.3, -0.25) is 4.79 Å². The van der Waals surface area contributed by atoms with Gasteiger partial charge < -0.3 is 35.8 Å². The molecule has 11 heteroatoms. The van der Waals surface area contributed by atoms with Crippen LogP contribution in [0.2, 0.25) is 0 Å². The largest absolute Gasteiger partial charge is 0.493 e. The lowest BCUT2D eigenvalue weighted by Gasteiger charge is -2.31. The number of fused-ring (bicyclic) bond motifs is 1. The first-order chi connectivity index (χ1) is 21.1. The Balaban J connectivity index is 1.38. The van der Waals surface area contributed by atoms with Crippen LogP contribution in [0, 0.1) is 13.8 Å². The molecule has 4 amide bonds. The maximum atomic E-state index is 13.3. The van der Waals surface area contributed by atoms with Gasteiger partial charge in [0.15, 0.2) is 0 Å². The lowest BCUT2D eigenvalue weighted by Crippen LogP contribution is -2.49. The molecule has 232 valence electrons. The molecule has 0 saturated carbocycles. The summed E-state index contributed by atoms with van der Waals surface area (Å²) in [5.74, 6) is -0.433. The van der Waals surface area contributed by atoms with E-state index in [9.17, 15) is 24.3 Å². The Morgan fingerprint density at radius 3 is 2.59 bits per heavy atom. The van der Waals surface area contributed by atoms with Gasteiger partial charge in [-0.1, -0.05) is 42.5 Å². The Bertz CT molecular complexity index is 1520. The Morgan fingerprint density at radius 1 is 1.05 bits per heavy atom. The van der Waals surface area contributed by atoms with E-state index in [2.05, 4.69) is 10.6 Å². The average Bonchev–Trinajstić information content (AvgIpc) is 3.01. The molecular formula is C33H38N4O7. The van der Waals surface area contributed by atoms with E-state index >= 15 is 0 Å². The number of primary amides is 1. The van der Waals surface area contributed by atoms with E-state index in [0.29, 0.717) is 31.6 Å². The third kappa shape index (κ3) is 8.27. The number of nitrogens with two attached hydrogens (primary N) is 1. The number of carbonyl (C=O) groups is 4. The monoisotopic (exact) mass is 602 g/mol. The van der Waals surface area contributed by atoms with E-state index in [1.54, 1.807) is 6.07 Å². The second kappa shape index (κ2) is 14.9. The maximum Gasteiger partial charge on any atom is 0.408 e. The molecule has 4 rings (SSSR count). The van der Waals surface area contributed by atoms with Crippen LogP contribution in [-0.4, -0.2) is 54.8 Å². The number of hydrogen-bond donors (Lipinski definition) is 4. The zero-order valence-corrected chi connectivity index (χ0v) is 24.9. The molecule has 0 aromatic heterocycles. The normalized spacial score (nSPS) is 12.9. The van der Waals surface area contributed by atoms with Crippen molar-refractivity contribution in [1.29, 1.82) is 0 Å². The third-order valence-electron chi connectivity index (χ3n) is 7.58. The Kier molecular flexibility index (Phi) is 10.8. The van der Waals surface area contributed by atoms with Crippen LogP contribution >= 0.6 is 0 Å². The first-order valence-corrected chi connectivity index (χ1v) is 14.5. The van der Waals surface area contributed by atoms with Crippen molar-refractivity contribution >= 4 is 29.7 Å². The minimum Gasteiger partial charge on any atom is -0.493 e. The third-order valence-corrected chi connectivity index (χ3v) is 7.58. The molecule has 1 unspecified atom stereocenters. The number of anilines is 1. The van der Waals surface area contributed by atoms with Crippen LogP contribution in [0.15, 0.2) is 60.7 Å². The maximum absolute atomic E-state index is 13.3. The highest BCUT2D eigenvalue weighted by molar-refractivity contribution is 5.96. The summed E-state index contributed by atoms with van der Waals surface area (Å²) in [6, 6.07) is 17.1. The van der Waals surface area contributed by atoms with Crippen molar-refractivity contribution in [2.24, 2.45) is 5.73 Å². The summed E-state index contributed by atoms with van der Waals surface area (Å²) in [6.45, 7) is 4.72. The van der Waals surface area contributed by atoms with Crippen molar-refractivity contribution in [1.82, 2.24) is 10.6 Å². The minimum absolute atomic E-state index is 0.0616. The molecule has 11 nitrogen and oxygen atoms in total. The zero-order chi connectivity index (χ0) is 31.6. The SMILES string of the molecule is Cc1cccc(OCCCC(=O)N2CCCc3c(-c4cccc(COC(=O)NC(CNC(N)=O)C(=O)O)c4)cccc32)c1C. The van der Waals surface area contributed by atoms with E-state index in [4.69, 9.17) is 15.2 Å². The molecule has 1 atom stereocenters. The fourth-order valence-electron chi connectivity index (χ4n) is 5.14. The van der Waals surface area contributed by atoms with Gasteiger partial charge in [-0.2, -0.15) is 0 Å². The number of alkyl carbamates (subject to hydrolysis) is 1. The molecule has 0 fully saturated rings. The number of carbonyl (C=O) groups excluding carboxylic acids is 3. The molecule has 1 aliphatic heterocycles. The number of nitrogens with one attached hydrogen (secondary N) is 2. The zero-order valence-electron chi connectivity index (χ0n) is 24.9. The van der Waals surface area contributed by atoms with Gasteiger partial charge in [0, 0.05) is 18.7 Å². The number of carboxylic acid groups (broad SMARTS) is 1. The van der Waals surface area contributed by atoms with Gasteiger partial charge in [0.1, 0.15) is 18.4 Å². The molecule has 44 heavy (non-hydrogen) atoms. The van der Waals surface area contributed by atoms with Gasteiger partial charge in [0.2, 0.25) is 5.91 Å². The number of amides is 4. The lowest BCUT2D eigenvalue weighted by molar-refractivity contribution is -0.139. The highest BCUT2D eigenvalue weighted by Gasteiger charge is 2.25. The molecular weight excluding hydrogens is 564 g/mol. The number of ether oxygens (including phenoxy) is 2. The predicted molar refractivity (Wildman–Crippen MR) is 166 cm³/mol. The van der Waals surface area contributed by atoms with Crippen molar-refractivity contribution < 1.29 is 33.8 Å². The number of carboxylic acids is 1. The van der Waals surface area contributed by atoms with E-state index < -0.39 is 24.1 Å². The van der Waals surface area contributed by atoms with Crippen LogP contribution in [0.4, 0.5) is 15.3 Å². The van der Waals surface area contributed by atoms with Crippen LogP contribution in [0.5, 0.6) is 5.75 Å². The van der Waals surface area contributed by atoms with Crippen molar-refractivity contribution in [2.45, 2.75) is 52.2 Å². The highest BCUT2D eigenvalue weighted by Crippen LogP contribution is 2.36. The van der Waals surface area contributed by atoms with E-state index in [-0.39, 0.29) is 19.1 Å². The lowest BCUT2D eigenvalue weighted by atomic mass is 9.91. The molecule has 3 aromatic carbocycles. The summed E-state index contributed by atoms with van der Waals surface area (Å²) in [5, 5.41) is 13.6. The highest BCUT2D eigenvalue weighted by atomic mass is 16.5. The number of urea groups is 1. The van der Waals surface area contributed by atoms with Crippen molar-refractivity contribution in [3.63, 3.8) is 0 Å². The average molecular weight is 603 g/mol. The van der Waals surface area contributed by atoms with Gasteiger partial charge in [-0.05, 0) is 84.7 Å². The number of nitrogens with zero attached hydrogens (tertiary/aromatic N) is 1. The molecule has 1 heterocycles. The number of benzene rings is 3. The first-order valence-electron chi connectivity index (χ1n) is 14.5. The number of aliphatic carboxylic acids is 1. The summed E-state index contributed by atoms with van der Waals surface area (Å²) >= 11 is 0. The van der Waals surface area contributed by atoms with Gasteiger partial charge in [-0.15, -0.1) is 0 Å². The molecule has 0 saturated heterocycles. The van der Waals surface area contributed by atoms with Crippen LogP contribution < -0.4 is 26.0 Å². The second-order valence-corrected chi connectivity index (χ2v) is 10.7. The van der Waals surface area contributed by atoms with Crippen molar-refractivity contribution in [3.8, 4) is 16.9 Å². The van der Waals surface area contributed by atoms with Crippen molar-refractivity contribution in [3.05, 3.63) is 82.9 Å². The molecule has 1 aliphatic rings. The second-order valence-electron chi connectivity index (χ2n) is 10.7. The topological polar surface area (TPSA) is 160 Å². The summed E-state index contributed by atoms with van der Waals surface area (Å²) in [4.78, 5) is 49.6. The van der Waals surface area contributed by atoms with Gasteiger partial charge in [0.25, 0.3) is 0 Å². The van der Waals surface area contributed by atoms with Crippen LogP contribution in [-0.2, 0) is 27.4 Å². The molecule has 0 spiro atoms. The Morgan fingerprint density at radius 2 is 1.82 bits per heavy atom. The van der Waals surface area contributed by atoms with Crippen LogP contribution in [0.3, 0.4) is 0 Å². The fourth-order valence-corrected chi connectivity index (χ4v) is 5.14. The summed E-state index contributed by atoms with van der Waals surface area (Å²) < 4.78 is 11.2. The van der Waals surface area contributed by atoms with Gasteiger partial charge in [0.05, 0.1) is 13.2 Å².